The number of hydrogen-bond acceptors (Lipinski definition) is 2. The lowest BCUT2D eigenvalue weighted by molar-refractivity contribution is 0.0936. The van der Waals surface area contributed by atoms with Gasteiger partial charge < -0.3 is 5.32 Å². The lowest BCUT2D eigenvalue weighted by atomic mass is 9.95. The van der Waals surface area contributed by atoms with Crippen LogP contribution in [0.5, 0.6) is 0 Å². The predicted molar refractivity (Wildman–Crippen MR) is 86.2 cm³/mol. The molecule has 1 aliphatic carbocycles. The molecule has 1 atom stereocenters. The average molecular weight is 290 g/mol. The van der Waals surface area contributed by atoms with Gasteiger partial charge in [0.25, 0.3) is 5.91 Å². The molecule has 0 aliphatic heterocycles. The van der Waals surface area contributed by atoms with E-state index in [1.54, 1.807) is 6.07 Å². The summed E-state index contributed by atoms with van der Waals surface area (Å²) in [6.07, 6.45) is 2.39. The van der Waals surface area contributed by atoms with Gasteiger partial charge in [0.15, 0.2) is 0 Å². The molecule has 22 heavy (non-hydrogen) atoms. The van der Waals surface area contributed by atoms with Crippen molar-refractivity contribution in [1.29, 1.82) is 5.26 Å². The molecule has 2 aromatic rings. The Hall–Kier alpha value is -2.60. The molecule has 1 aliphatic rings. The third-order valence-corrected chi connectivity index (χ3v) is 4.20. The largest absolute Gasteiger partial charge is 0.349 e. The number of rotatable bonds is 4. The van der Waals surface area contributed by atoms with Crippen molar-refractivity contribution in [3.63, 3.8) is 0 Å². The predicted octanol–water partition coefficient (Wildman–Crippen LogP) is 3.75. The van der Waals surface area contributed by atoms with Gasteiger partial charge in [-0.15, -0.1) is 0 Å². The van der Waals surface area contributed by atoms with Crippen molar-refractivity contribution >= 4 is 5.91 Å². The van der Waals surface area contributed by atoms with Crippen LogP contribution < -0.4 is 5.32 Å². The minimum atomic E-state index is -0.0669. The lowest BCUT2D eigenvalue weighted by Gasteiger charge is -2.15. The van der Waals surface area contributed by atoms with Crippen molar-refractivity contribution in [1.82, 2.24) is 5.32 Å². The van der Waals surface area contributed by atoms with Gasteiger partial charge in [-0.2, -0.15) is 5.26 Å². The van der Waals surface area contributed by atoms with Gasteiger partial charge in [-0.05, 0) is 43.4 Å². The first-order chi connectivity index (χ1) is 10.7. The van der Waals surface area contributed by atoms with Gasteiger partial charge in [0, 0.05) is 17.2 Å². The van der Waals surface area contributed by atoms with Gasteiger partial charge in [-0.25, -0.2) is 0 Å². The second-order valence-corrected chi connectivity index (χ2v) is 5.80. The molecular formula is C19H18N2O. The van der Waals surface area contributed by atoms with Crippen molar-refractivity contribution in [3.8, 4) is 17.2 Å². The second kappa shape index (κ2) is 6.03. The normalized spacial score (nSPS) is 14.9. The maximum atomic E-state index is 12.6. The first-order valence-corrected chi connectivity index (χ1v) is 7.60. The van der Waals surface area contributed by atoms with Gasteiger partial charge in [0.05, 0.1) is 11.6 Å². The smallest absolute Gasteiger partial charge is 0.252 e. The molecule has 0 aromatic heterocycles. The summed E-state index contributed by atoms with van der Waals surface area (Å²) in [5, 5.41) is 12.4. The minimum Gasteiger partial charge on any atom is -0.349 e. The van der Waals surface area contributed by atoms with Crippen molar-refractivity contribution in [2.24, 2.45) is 5.92 Å². The monoisotopic (exact) mass is 290 g/mol. The molecule has 0 spiro atoms. The van der Waals surface area contributed by atoms with E-state index in [4.69, 9.17) is 0 Å². The Labute approximate surface area is 130 Å². The van der Waals surface area contributed by atoms with Crippen LogP contribution in [0.4, 0.5) is 0 Å². The van der Waals surface area contributed by atoms with Crippen LogP contribution in [-0.2, 0) is 0 Å². The van der Waals surface area contributed by atoms with Crippen LogP contribution in [0.1, 0.15) is 35.7 Å². The number of nitriles is 1. The number of nitrogens with zero attached hydrogens (tertiary/aromatic N) is 1. The Morgan fingerprint density at radius 3 is 2.45 bits per heavy atom. The highest BCUT2D eigenvalue weighted by molar-refractivity contribution is 6.01. The first-order valence-electron chi connectivity index (χ1n) is 7.60. The Kier molecular flexibility index (Phi) is 3.93. The van der Waals surface area contributed by atoms with E-state index >= 15 is 0 Å². The van der Waals surface area contributed by atoms with Gasteiger partial charge in [-0.3, -0.25) is 4.79 Å². The number of amides is 1. The molecule has 1 amide bonds. The van der Waals surface area contributed by atoms with Crippen LogP contribution in [0.3, 0.4) is 0 Å². The zero-order chi connectivity index (χ0) is 15.5. The molecule has 3 nitrogen and oxygen atoms in total. The van der Waals surface area contributed by atoms with Gasteiger partial charge in [0.1, 0.15) is 0 Å². The van der Waals surface area contributed by atoms with Crippen molar-refractivity contribution in [3.05, 3.63) is 59.7 Å². The molecule has 0 saturated heterocycles. The average Bonchev–Trinajstić information content (AvgIpc) is 3.39. The van der Waals surface area contributed by atoms with Crippen molar-refractivity contribution in [2.45, 2.75) is 25.8 Å². The van der Waals surface area contributed by atoms with Crippen molar-refractivity contribution < 1.29 is 4.79 Å². The molecule has 110 valence electrons. The Bertz CT molecular complexity index is 741. The Balaban J connectivity index is 1.96. The SMILES string of the molecule is CC(NC(=O)c1ccccc1-c1ccccc1C#N)C1CC1. The fourth-order valence-corrected chi connectivity index (χ4v) is 2.73. The van der Waals surface area contributed by atoms with Gasteiger partial charge in [0.2, 0.25) is 0 Å². The molecule has 3 heteroatoms. The quantitative estimate of drug-likeness (QED) is 0.932. The van der Waals surface area contributed by atoms with E-state index in [2.05, 4.69) is 18.3 Å². The first kappa shape index (κ1) is 14.3. The number of nitrogens with one attached hydrogen (secondary N) is 1. The maximum Gasteiger partial charge on any atom is 0.252 e. The third-order valence-electron chi connectivity index (χ3n) is 4.20. The molecule has 1 N–H and O–H groups in total. The summed E-state index contributed by atoms with van der Waals surface area (Å²) in [5.41, 5.74) is 2.81. The van der Waals surface area contributed by atoms with Crippen LogP contribution >= 0.6 is 0 Å². The molecule has 0 heterocycles. The Morgan fingerprint density at radius 1 is 1.14 bits per heavy atom. The molecule has 1 unspecified atom stereocenters. The van der Waals surface area contributed by atoms with Gasteiger partial charge in [-0.1, -0.05) is 36.4 Å². The molecule has 0 bridgehead atoms. The number of hydrogen-bond donors (Lipinski definition) is 1. The van der Waals surface area contributed by atoms with Gasteiger partial charge >= 0.3 is 0 Å². The van der Waals surface area contributed by atoms with E-state index in [1.807, 2.05) is 42.5 Å². The van der Waals surface area contributed by atoms with Crippen LogP contribution in [0.25, 0.3) is 11.1 Å². The second-order valence-electron chi connectivity index (χ2n) is 5.80. The summed E-state index contributed by atoms with van der Waals surface area (Å²) >= 11 is 0. The molecule has 1 saturated carbocycles. The van der Waals surface area contributed by atoms with E-state index in [9.17, 15) is 10.1 Å². The molecular weight excluding hydrogens is 272 g/mol. The van der Waals surface area contributed by atoms with Crippen LogP contribution in [0.2, 0.25) is 0 Å². The zero-order valence-corrected chi connectivity index (χ0v) is 12.5. The Morgan fingerprint density at radius 2 is 1.77 bits per heavy atom. The van der Waals surface area contributed by atoms with Crippen molar-refractivity contribution in [2.75, 3.05) is 0 Å². The fourth-order valence-electron chi connectivity index (χ4n) is 2.73. The maximum absolute atomic E-state index is 12.6. The third kappa shape index (κ3) is 2.87. The topological polar surface area (TPSA) is 52.9 Å². The highest BCUT2D eigenvalue weighted by atomic mass is 16.1. The van der Waals surface area contributed by atoms with Crippen LogP contribution in [0.15, 0.2) is 48.5 Å². The minimum absolute atomic E-state index is 0.0669. The van der Waals surface area contributed by atoms with Crippen LogP contribution in [0, 0.1) is 17.2 Å². The summed E-state index contributed by atoms with van der Waals surface area (Å²) in [7, 11) is 0. The standard InChI is InChI=1S/C19H18N2O/c1-13(14-10-11-14)21-19(22)18-9-5-4-8-17(18)16-7-3-2-6-15(16)12-20/h2-9,13-14H,10-11H2,1H3,(H,21,22). The number of carbonyl (C=O) groups excluding carboxylic acids is 1. The van der Waals surface area contributed by atoms with E-state index in [0.717, 1.165) is 11.1 Å². The molecule has 0 radical (unpaired) electrons. The number of benzene rings is 2. The van der Waals surface area contributed by atoms with E-state index in [-0.39, 0.29) is 11.9 Å². The summed E-state index contributed by atoms with van der Waals surface area (Å²) in [5.74, 6) is 0.547. The van der Waals surface area contributed by atoms with E-state index in [0.29, 0.717) is 17.0 Å². The molecule has 3 rings (SSSR count). The summed E-state index contributed by atoms with van der Waals surface area (Å²) in [6, 6.07) is 17.2. The van der Waals surface area contributed by atoms with E-state index < -0.39 is 0 Å². The summed E-state index contributed by atoms with van der Waals surface area (Å²) in [6.45, 7) is 2.06. The highest BCUT2D eigenvalue weighted by Gasteiger charge is 2.29. The lowest BCUT2D eigenvalue weighted by Crippen LogP contribution is -2.34. The number of carbonyl (C=O) groups is 1. The zero-order valence-electron chi connectivity index (χ0n) is 12.5. The summed E-state index contributed by atoms with van der Waals surface area (Å²) < 4.78 is 0. The highest BCUT2D eigenvalue weighted by Crippen LogP contribution is 2.33. The van der Waals surface area contributed by atoms with E-state index in [1.165, 1.54) is 12.8 Å². The molecule has 2 aromatic carbocycles. The van der Waals surface area contributed by atoms with Crippen LogP contribution in [-0.4, -0.2) is 11.9 Å². The summed E-state index contributed by atoms with van der Waals surface area (Å²) in [4.78, 5) is 12.6. The molecule has 1 fully saturated rings. The fraction of sp³-hybridized carbons (Fsp3) is 0.263.